The fraction of sp³-hybridized carbons (Fsp3) is 0.455. The number of rotatable bonds is 3. The fourth-order valence-electron chi connectivity index (χ4n) is 1.02. The van der Waals surface area contributed by atoms with Gasteiger partial charge in [-0.15, -0.1) is 11.3 Å². The Morgan fingerprint density at radius 2 is 2.06 bits per heavy atom. The number of carbonyl (C=O) groups is 2. The summed E-state index contributed by atoms with van der Waals surface area (Å²) in [7, 11) is 0. The van der Waals surface area contributed by atoms with Crippen LogP contribution in [0, 0.1) is 0 Å². The third-order valence-electron chi connectivity index (χ3n) is 1.60. The smallest absolute Gasteiger partial charge is 0.352 e. The van der Waals surface area contributed by atoms with Gasteiger partial charge in [-0.05, 0) is 32.2 Å². The van der Waals surface area contributed by atoms with Gasteiger partial charge < -0.3 is 15.2 Å². The molecule has 0 aliphatic rings. The second-order valence-electron chi connectivity index (χ2n) is 4.29. The van der Waals surface area contributed by atoms with E-state index in [0.717, 1.165) is 11.3 Å². The van der Waals surface area contributed by atoms with Crippen molar-refractivity contribution in [3.63, 3.8) is 0 Å². The Morgan fingerprint density at radius 1 is 1.41 bits per heavy atom. The molecule has 0 bridgehead atoms. The van der Waals surface area contributed by atoms with Crippen LogP contribution in [0.15, 0.2) is 11.4 Å². The van der Waals surface area contributed by atoms with Gasteiger partial charge in [0.2, 0.25) is 0 Å². The summed E-state index contributed by atoms with van der Waals surface area (Å²) in [5.41, 5.74) is 4.54. The fourth-order valence-corrected chi connectivity index (χ4v) is 1.71. The van der Waals surface area contributed by atoms with Gasteiger partial charge in [-0.1, -0.05) is 0 Å². The number of thiophene rings is 1. The zero-order valence-corrected chi connectivity index (χ0v) is 10.8. The molecular weight excluding hydrogens is 242 g/mol. The maximum atomic E-state index is 11.8. The van der Waals surface area contributed by atoms with Gasteiger partial charge in [0.25, 0.3) is 0 Å². The minimum atomic E-state index is -0.590. The Hall–Kier alpha value is -1.40. The van der Waals surface area contributed by atoms with E-state index in [9.17, 15) is 9.59 Å². The van der Waals surface area contributed by atoms with Gasteiger partial charge in [-0.25, -0.2) is 4.79 Å². The lowest BCUT2D eigenvalue weighted by Crippen LogP contribution is -2.24. The van der Waals surface area contributed by atoms with Crippen LogP contribution >= 0.6 is 11.3 Å². The normalized spacial score (nSPS) is 11.1. The van der Waals surface area contributed by atoms with Crippen LogP contribution in [0.1, 0.15) is 30.4 Å². The van der Waals surface area contributed by atoms with Gasteiger partial charge in [0, 0.05) is 0 Å². The van der Waals surface area contributed by atoms with Crippen LogP contribution < -0.4 is 10.5 Å². The SMILES string of the molecule is CC(C)(C)OC(=O)c1sccc1OC(=O)CN. The van der Waals surface area contributed by atoms with Gasteiger partial charge in [0.15, 0.2) is 10.6 Å². The number of hydrogen-bond donors (Lipinski definition) is 1. The Kier molecular flexibility index (Phi) is 4.25. The maximum Gasteiger partial charge on any atom is 0.352 e. The molecule has 0 saturated heterocycles. The predicted octanol–water partition coefficient (Wildman–Crippen LogP) is 1.57. The molecule has 0 aliphatic heterocycles. The molecule has 0 aromatic carbocycles. The topological polar surface area (TPSA) is 78.6 Å². The number of esters is 2. The summed E-state index contributed by atoms with van der Waals surface area (Å²) in [5, 5.41) is 1.65. The highest BCUT2D eigenvalue weighted by Crippen LogP contribution is 2.27. The molecule has 0 radical (unpaired) electrons. The Bertz CT molecular complexity index is 419. The molecule has 1 heterocycles. The van der Waals surface area contributed by atoms with E-state index in [4.69, 9.17) is 15.2 Å². The minimum Gasteiger partial charge on any atom is -0.456 e. The molecule has 5 nitrogen and oxygen atoms in total. The molecule has 2 N–H and O–H groups in total. The number of ether oxygens (including phenoxy) is 2. The van der Waals surface area contributed by atoms with Gasteiger partial charge in [0.05, 0.1) is 6.54 Å². The van der Waals surface area contributed by atoms with E-state index in [1.807, 2.05) is 0 Å². The summed E-state index contributed by atoms with van der Waals surface area (Å²) in [6.07, 6.45) is 0. The molecule has 0 amide bonds. The summed E-state index contributed by atoms with van der Waals surface area (Å²) in [5.74, 6) is -0.903. The monoisotopic (exact) mass is 257 g/mol. The molecule has 1 rings (SSSR count). The standard InChI is InChI=1S/C11H15NO4S/c1-11(2,3)16-10(14)9-7(4-5-17-9)15-8(13)6-12/h4-5H,6,12H2,1-3H3. The van der Waals surface area contributed by atoms with Crippen LogP contribution in [-0.4, -0.2) is 24.1 Å². The number of nitrogens with two attached hydrogens (primary N) is 1. The van der Waals surface area contributed by atoms with Crippen molar-refractivity contribution in [3.05, 3.63) is 16.3 Å². The van der Waals surface area contributed by atoms with Crippen LogP contribution in [-0.2, 0) is 9.53 Å². The van der Waals surface area contributed by atoms with E-state index in [0.29, 0.717) is 0 Å². The molecule has 0 unspecified atom stereocenters. The van der Waals surface area contributed by atoms with Crippen molar-refractivity contribution in [2.75, 3.05) is 6.54 Å². The van der Waals surface area contributed by atoms with Crippen molar-refractivity contribution in [3.8, 4) is 5.75 Å². The highest BCUT2D eigenvalue weighted by atomic mass is 32.1. The first kappa shape index (κ1) is 13.7. The Labute approximate surface area is 104 Å². The van der Waals surface area contributed by atoms with E-state index in [-0.39, 0.29) is 17.2 Å². The van der Waals surface area contributed by atoms with Gasteiger partial charge in [-0.3, -0.25) is 4.79 Å². The summed E-state index contributed by atoms with van der Waals surface area (Å²) in [4.78, 5) is 23.1. The first-order chi connectivity index (χ1) is 7.83. The highest BCUT2D eigenvalue weighted by molar-refractivity contribution is 7.12. The Balaban J connectivity index is 2.81. The Morgan fingerprint density at radius 3 is 2.59 bits per heavy atom. The lowest BCUT2D eigenvalue weighted by atomic mass is 10.2. The zero-order chi connectivity index (χ0) is 13.1. The van der Waals surface area contributed by atoms with Crippen LogP contribution in [0.4, 0.5) is 0 Å². The molecular formula is C11H15NO4S. The molecule has 1 aromatic rings. The largest absolute Gasteiger partial charge is 0.456 e. The minimum absolute atomic E-state index is 0.194. The molecule has 0 fully saturated rings. The molecule has 0 saturated carbocycles. The lowest BCUT2D eigenvalue weighted by molar-refractivity contribution is -0.132. The lowest BCUT2D eigenvalue weighted by Gasteiger charge is -2.19. The molecule has 94 valence electrons. The van der Waals surface area contributed by atoms with Gasteiger partial charge >= 0.3 is 11.9 Å². The molecule has 0 atom stereocenters. The molecule has 0 aliphatic carbocycles. The van der Waals surface area contributed by atoms with Crippen molar-refractivity contribution in [1.82, 2.24) is 0 Å². The van der Waals surface area contributed by atoms with Crippen LogP contribution in [0.3, 0.4) is 0 Å². The predicted molar refractivity (Wildman–Crippen MR) is 64.2 cm³/mol. The first-order valence-electron chi connectivity index (χ1n) is 5.05. The third kappa shape index (κ3) is 4.16. The van der Waals surface area contributed by atoms with Crippen molar-refractivity contribution < 1.29 is 19.1 Å². The van der Waals surface area contributed by atoms with E-state index in [2.05, 4.69) is 0 Å². The van der Waals surface area contributed by atoms with Crippen molar-refractivity contribution in [2.24, 2.45) is 5.73 Å². The number of carbonyl (C=O) groups excluding carboxylic acids is 2. The highest BCUT2D eigenvalue weighted by Gasteiger charge is 2.23. The van der Waals surface area contributed by atoms with Crippen molar-refractivity contribution in [1.29, 1.82) is 0 Å². The van der Waals surface area contributed by atoms with Crippen molar-refractivity contribution >= 4 is 23.3 Å². The quantitative estimate of drug-likeness (QED) is 0.831. The van der Waals surface area contributed by atoms with E-state index < -0.39 is 17.5 Å². The maximum absolute atomic E-state index is 11.8. The third-order valence-corrected chi connectivity index (χ3v) is 2.48. The van der Waals surface area contributed by atoms with Crippen LogP contribution in [0.2, 0.25) is 0 Å². The van der Waals surface area contributed by atoms with E-state index in [1.54, 1.807) is 26.2 Å². The van der Waals surface area contributed by atoms with Crippen LogP contribution in [0.25, 0.3) is 0 Å². The summed E-state index contributed by atoms with van der Waals surface area (Å²) < 4.78 is 10.1. The van der Waals surface area contributed by atoms with Crippen LogP contribution in [0.5, 0.6) is 5.75 Å². The molecule has 0 spiro atoms. The van der Waals surface area contributed by atoms with Crippen molar-refractivity contribution in [2.45, 2.75) is 26.4 Å². The summed E-state index contributed by atoms with van der Waals surface area (Å²) in [6, 6.07) is 1.54. The second kappa shape index (κ2) is 5.29. The summed E-state index contributed by atoms with van der Waals surface area (Å²) in [6.45, 7) is 5.07. The second-order valence-corrected chi connectivity index (χ2v) is 5.21. The molecule has 1 aromatic heterocycles. The van der Waals surface area contributed by atoms with E-state index in [1.165, 1.54) is 6.07 Å². The van der Waals surface area contributed by atoms with Gasteiger partial charge in [-0.2, -0.15) is 0 Å². The first-order valence-corrected chi connectivity index (χ1v) is 5.93. The zero-order valence-electron chi connectivity index (χ0n) is 9.98. The number of hydrogen-bond acceptors (Lipinski definition) is 6. The molecule has 6 heteroatoms. The summed E-state index contributed by atoms with van der Waals surface area (Å²) >= 11 is 1.16. The molecule has 17 heavy (non-hydrogen) atoms. The van der Waals surface area contributed by atoms with E-state index >= 15 is 0 Å². The average molecular weight is 257 g/mol. The van der Waals surface area contributed by atoms with Gasteiger partial charge in [0.1, 0.15) is 5.60 Å². The average Bonchev–Trinajstić information content (AvgIpc) is 2.63.